The first-order chi connectivity index (χ1) is 14.4. The third kappa shape index (κ3) is 4.38. The van der Waals surface area contributed by atoms with Gasteiger partial charge in [-0.2, -0.15) is 13.2 Å². The molecular weight excluding hydrogens is 439 g/mol. The van der Waals surface area contributed by atoms with Crippen molar-refractivity contribution in [3.8, 4) is 0 Å². The van der Waals surface area contributed by atoms with E-state index in [1.807, 2.05) is 0 Å². The fraction of sp³-hybridized carbons (Fsp3) is 0.211. The quantitative estimate of drug-likeness (QED) is 0.742. The van der Waals surface area contributed by atoms with Crippen LogP contribution in [0.1, 0.15) is 15.9 Å². The highest BCUT2D eigenvalue weighted by Gasteiger charge is 2.42. The Balaban J connectivity index is 1.67. The molecule has 0 atom stereocenters. The number of para-hydroxylation sites is 1. The molecule has 3 amide bonds. The number of benzene rings is 2. The number of anilines is 1. The smallest absolute Gasteiger partial charge is 0.335 e. The highest BCUT2D eigenvalue weighted by atomic mass is 32.2. The second kappa shape index (κ2) is 8.02. The molecule has 0 saturated carbocycles. The number of nitrogens with zero attached hydrogens (tertiary/aromatic N) is 2. The van der Waals surface area contributed by atoms with E-state index in [1.54, 1.807) is 0 Å². The van der Waals surface area contributed by atoms with Gasteiger partial charge in [0.1, 0.15) is 11.4 Å². The third-order valence-corrected chi connectivity index (χ3v) is 6.29. The van der Waals surface area contributed by atoms with Crippen molar-refractivity contribution in [1.29, 1.82) is 0 Å². The number of amides is 3. The van der Waals surface area contributed by atoms with E-state index < -0.39 is 58.3 Å². The molecule has 8 nitrogen and oxygen atoms in total. The van der Waals surface area contributed by atoms with Crippen molar-refractivity contribution in [3.63, 3.8) is 0 Å². The summed E-state index contributed by atoms with van der Waals surface area (Å²) in [5.74, 6) is -2.68. The second-order valence-corrected chi connectivity index (χ2v) is 8.49. The van der Waals surface area contributed by atoms with Crippen molar-refractivity contribution >= 4 is 33.4 Å². The van der Waals surface area contributed by atoms with Crippen LogP contribution in [0.3, 0.4) is 0 Å². The first kappa shape index (κ1) is 22.3. The van der Waals surface area contributed by atoms with E-state index in [-0.39, 0.29) is 10.5 Å². The van der Waals surface area contributed by atoms with Gasteiger partial charge in [0, 0.05) is 7.05 Å². The van der Waals surface area contributed by atoms with E-state index in [0.29, 0.717) is 4.31 Å². The lowest BCUT2D eigenvalue weighted by Gasteiger charge is -2.21. The average Bonchev–Trinajstić information content (AvgIpc) is 2.88. The van der Waals surface area contributed by atoms with Gasteiger partial charge in [-0.05, 0) is 24.3 Å². The third-order valence-electron chi connectivity index (χ3n) is 4.50. The number of carbonyl (C=O) groups is 3. The van der Waals surface area contributed by atoms with Gasteiger partial charge >= 0.3 is 6.18 Å². The summed E-state index contributed by atoms with van der Waals surface area (Å²) in [5, 5.41) is 2.08. The molecule has 31 heavy (non-hydrogen) atoms. The lowest BCUT2D eigenvalue weighted by atomic mass is 10.1. The van der Waals surface area contributed by atoms with Crippen LogP contribution in [-0.4, -0.2) is 55.5 Å². The fourth-order valence-corrected chi connectivity index (χ4v) is 4.48. The van der Waals surface area contributed by atoms with Crippen LogP contribution in [0.15, 0.2) is 53.4 Å². The lowest BCUT2D eigenvalue weighted by molar-refractivity contribution is -0.137. The summed E-state index contributed by atoms with van der Waals surface area (Å²) in [5.41, 5.74) is -1.60. The Morgan fingerprint density at radius 1 is 1.06 bits per heavy atom. The Hall–Kier alpha value is -3.41. The van der Waals surface area contributed by atoms with Gasteiger partial charge in [0.05, 0.1) is 23.4 Å². The standard InChI is InChI=1S/C19H16F3N3O5S/c1-24(10-16(26)23-14-8-4-3-7-13(14)19(20,21)22)17(27)11-25-18(28)12-6-2-5-9-15(12)31(25,29)30/h2-9H,10-11H2,1H3,(H,23,26). The van der Waals surface area contributed by atoms with E-state index in [0.717, 1.165) is 24.1 Å². The van der Waals surface area contributed by atoms with Crippen LogP contribution in [0.5, 0.6) is 0 Å². The van der Waals surface area contributed by atoms with Crippen LogP contribution >= 0.6 is 0 Å². The molecule has 1 heterocycles. The van der Waals surface area contributed by atoms with E-state index in [4.69, 9.17) is 0 Å². The number of likely N-dealkylation sites (N-methyl/N-ethyl adjacent to an activating group) is 1. The zero-order valence-electron chi connectivity index (χ0n) is 16.0. The van der Waals surface area contributed by atoms with Crippen molar-refractivity contribution in [1.82, 2.24) is 9.21 Å². The van der Waals surface area contributed by atoms with Crippen molar-refractivity contribution in [2.75, 3.05) is 25.5 Å². The van der Waals surface area contributed by atoms with E-state index in [2.05, 4.69) is 5.32 Å². The summed E-state index contributed by atoms with van der Waals surface area (Å²) in [6.07, 6.45) is -4.69. The molecule has 2 aromatic carbocycles. The molecule has 1 aliphatic rings. The summed E-state index contributed by atoms with van der Waals surface area (Å²) >= 11 is 0. The number of sulfonamides is 1. The second-order valence-electron chi connectivity index (χ2n) is 6.65. The number of alkyl halides is 3. The van der Waals surface area contributed by atoms with Gasteiger partial charge in [-0.3, -0.25) is 14.4 Å². The Kier molecular flexibility index (Phi) is 5.77. The van der Waals surface area contributed by atoms with Crippen molar-refractivity contribution in [2.24, 2.45) is 0 Å². The zero-order chi connectivity index (χ0) is 23.0. The molecule has 0 aromatic heterocycles. The molecular formula is C19H16F3N3O5S. The first-order valence-corrected chi connectivity index (χ1v) is 10.2. The molecule has 1 N–H and O–H groups in total. The van der Waals surface area contributed by atoms with E-state index in [9.17, 15) is 36.0 Å². The minimum Gasteiger partial charge on any atom is -0.335 e. The van der Waals surface area contributed by atoms with Crippen molar-refractivity contribution in [2.45, 2.75) is 11.1 Å². The predicted octanol–water partition coefficient (Wildman–Crippen LogP) is 1.95. The molecule has 2 aromatic rings. The van der Waals surface area contributed by atoms with Gasteiger partial charge in [0.15, 0.2) is 0 Å². The SMILES string of the molecule is CN(CC(=O)Nc1ccccc1C(F)(F)F)C(=O)CN1C(=O)c2ccccc2S1(=O)=O. The monoisotopic (exact) mass is 455 g/mol. The molecule has 0 spiro atoms. The maximum absolute atomic E-state index is 13.0. The number of hydrogen-bond acceptors (Lipinski definition) is 5. The molecule has 0 bridgehead atoms. The molecule has 3 rings (SSSR count). The van der Waals surface area contributed by atoms with Crippen LogP contribution in [0.4, 0.5) is 18.9 Å². The Morgan fingerprint density at radius 3 is 2.32 bits per heavy atom. The Labute approximate surface area is 175 Å². The van der Waals surface area contributed by atoms with Crippen molar-refractivity contribution in [3.05, 3.63) is 59.7 Å². The predicted molar refractivity (Wildman–Crippen MR) is 102 cm³/mol. The molecule has 0 radical (unpaired) electrons. The topological polar surface area (TPSA) is 104 Å². The summed E-state index contributed by atoms with van der Waals surface area (Å²) in [6.45, 7) is -1.50. The largest absolute Gasteiger partial charge is 0.418 e. The summed E-state index contributed by atoms with van der Waals surface area (Å²) in [4.78, 5) is 37.5. The highest BCUT2D eigenvalue weighted by Crippen LogP contribution is 2.34. The van der Waals surface area contributed by atoms with Gasteiger partial charge < -0.3 is 10.2 Å². The Morgan fingerprint density at radius 2 is 1.68 bits per heavy atom. The van der Waals surface area contributed by atoms with Gasteiger partial charge in [-0.1, -0.05) is 24.3 Å². The van der Waals surface area contributed by atoms with Crippen LogP contribution in [0, 0.1) is 0 Å². The molecule has 0 saturated heterocycles. The van der Waals surface area contributed by atoms with E-state index in [1.165, 1.54) is 36.4 Å². The van der Waals surface area contributed by atoms with Gasteiger partial charge in [0.25, 0.3) is 15.9 Å². The highest BCUT2D eigenvalue weighted by molar-refractivity contribution is 7.90. The summed E-state index contributed by atoms with van der Waals surface area (Å²) in [7, 11) is -3.05. The maximum Gasteiger partial charge on any atom is 0.418 e. The van der Waals surface area contributed by atoms with Crippen LogP contribution < -0.4 is 5.32 Å². The Bertz CT molecular complexity index is 1160. The van der Waals surface area contributed by atoms with Gasteiger partial charge in [-0.15, -0.1) is 0 Å². The van der Waals surface area contributed by atoms with Gasteiger partial charge in [0.2, 0.25) is 11.8 Å². The zero-order valence-corrected chi connectivity index (χ0v) is 16.8. The first-order valence-electron chi connectivity index (χ1n) is 8.79. The number of hydrogen-bond donors (Lipinski definition) is 1. The van der Waals surface area contributed by atoms with Crippen molar-refractivity contribution < 1.29 is 36.0 Å². The fourth-order valence-electron chi connectivity index (χ4n) is 2.96. The number of rotatable bonds is 5. The van der Waals surface area contributed by atoms with Crippen LogP contribution in [0.2, 0.25) is 0 Å². The number of nitrogens with one attached hydrogen (secondary N) is 1. The molecule has 1 aliphatic heterocycles. The molecule has 0 fully saturated rings. The molecule has 12 heteroatoms. The van der Waals surface area contributed by atoms with Crippen LogP contribution in [-0.2, 0) is 25.8 Å². The number of carbonyl (C=O) groups excluding carboxylic acids is 3. The lowest BCUT2D eigenvalue weighted by Crippen LogP contribution is -2.43. The molecule has 0 unspecified atom stereocenters. The number of halogens is 3. The van der Waals surface area contributed by atoms with Gasteiger partial charge in [-0.25, -0.2) is 12.7 Å². The summed E-state index contributed by atoms with van der Waals surface area (Å²) in [6, 6.07) is 9.80. The van der Waals surface area contributed by atoms with Crippen LogP contribution in [0.25, 0.3) is 0 Å². The number of fused-ring (bicyclic) bond motifs is 1. The molecule has 0 aliphatic carbocycles. The molecule has 164 valence electrons. The maximum atomic E-state index is 13.0. The minimum absolute atomic E-state index is 0.0700. The normalized spacial score (nSPS) is 14.8. The van der Waals surface area contributed by atoms with E-state index >= 15 is 0 Å². The minimum atomic E-state index is -4.69. The average molecular weight is 455 g/mol. The summed E-state index contributed by atoms with van der Waals surface area (Å²) < 4.78 is 64.5.